The fourth-order valence-electron chi connectivity index (χ4n) is 1.62. The molecular weight excluding hydrogens is 264 g/mol. The number of aromatic carboxylic acids is 1. The normalized spacial score (nSPS) is 10.2. The van der Waals surface area contributed by atoms with E-state index < -0.39 is 5.97 Å². The van der Waals surface area contributed by atoms with Gasteiger partial charge in [0.15, 0.2) is 0 Å². The number of rotatable bonds is 4. The lowest BCUT2D eigenvalue weighted by atomic mass is 10.1. The highest BCUT2D eigenvalue weighted by molar-refractivity contribution is 6.33. The third kappa shape index (κ3) is 3.48. The summed E-state index contributed by atoms with van der Waals surface area (Å²) in [6.07, 6.45) is 0. The first kappa shape index (κ1) is 13.4. The molecule has 1 N–H and O–H groups in total. The van der Waals surface area contributed by atoms with Crippen molar-refractivity contribution in [3.63, 3.8) is 0 Å². The van der Waals surface area contributed by atoms with Gasteiger partial charge in [0.25, 0.3) is 0 Å². The second kappa shape index (κ2) is 5.76. The summed E-state index contributed by atoms with van der Waals surface area (Å²) in [6.45, 7) is 2.36. The molecule has 3 nitrogen and oxygen atoms in total. The molecule has 2 aromatic rings. The quantitative estimate of drug-likeness (QED) is 0.920. The Hall–Kier alpha value is -2.00. The molecule has 4 heteroatoms. The van der Waals surface area contributed by atoms with Gasteiger partial charge in [0.2, 0.25) is 0 Å². The third-order valence-electron chi connectivity index (χ3n) is 2.69. The monoisotopic (exact) mass is 276 g/mol. The van der Waals surface area contributed by atoms with Crippen molar-refractivity contribution in [1.82, 2.24) is 0 Å². The predicted octanol–water partition coefficient (Wildman–Crippen LogP) is 3.93. The Bertz CT molecular complexity index is 591. The number of halogens is 1. The van der Waals surface area contributed by atoms with E-state index >= 15 is 0 Å². The smallest absolute Gasteiger partial charge is 0.337 e. The number of ether oxygens (including phenoxy) is 1. The van der Waals surface area contributed by atoms with E-state index in [9.17, 15) is 4.79 Å². The number of benzene rings is 2. The Kier molecular flexibility index (Phi) is 4.07. The van der Waals surface area contributed by atoms with Crippen LogP contribution in [0.3, 0.4) is 0 Å². The van der Waals surface area contributed by atoms with E-state index in [0.717, 1.165) is 11.3 Å². The second-order valence-electron chi connectivity index (χ2n) is 4.22. The van der Waals surface area contributed by atoms with Crippen molar-refractivity contribution in [3.05, 3.63) is 64.2 Å². The number of carboxylic acid groups (broad SMARTS) is 1. The lowest BCUT2D eigenvalue weighted by Crippen LogP contribution is -2.00. The molecule has 2 aromatic carbocycles. The predicted molar refractivity (Wildman–Crippen MR) is 73.9 cm³/mol. The first-order valence-corrected chi connectivity index (χ1v) is 6.15. The first-order valence-electron chi connectivity index (χ1n) is 5.77. The molecule has 0 heterocycles. The van der Waals surface area contributed by atoms with Gasteiger partial charge in [0.1, 0.15) is 12.4 Å². The maximum absolute atomic E-state index is 10.8. The van der Waals surface area contributed by atoms with Crippen LogP contribution in [0.4, 0.5) is 0 Å². The van der Waals surface area contributed by atoms with Crippen LogP contribution in [0.1, 0.15) is 21.5 Å². The summed E-state index contributed by atoms with van der Waals surface area (Å²) in [5, 5.41) is 9.09. The number of aryl methyl sites for hydroxylation is 1. The van der Waals surface area contributed by atoms with Crippen molar-refractivity contribution in [2.45, 2.75) is 13.5 Å². The van der Waals surface area contributed by atoms with Crippen molar-refractivity contribution in [2.24, 2.45) is 0 Å². The highest BCUT2D eigenvalue weighted by Gasteiger charge is 2.08. The molecule has 0 saturated heterocycles. The molecule has 0 aliphatic carbocycles. The van der Waals surface area contributed by atoms with Crippen LogP contribution in [0.15, 0.2) is 42.5 Å². The summed E-state index contributed by atoms with van der Waals surface area (Å²) < 4.78 is 5.60. The Morgan fingerprint density at radius 1 is 1.21 bits per heavy atom. The third-order valence-corrected chi connectivity index (χ3v) is 3.00. The second-order valence-corrected chi connectivity index (χ2v) is 4.63. The average Bonchev–Trinajstić information content (AvgIpc) is 2.37. The Morgan fingerprint density at radius 2 is 1.89 bits per heavy atom. The summed E-state index contributed by atoms with van der Waals surface area (Å²) in [5.41, 5.74) is 2.09. The van der Waals surface area contributed by atoms with E-state index in [1.54, 1.807) is 12.1 Å². The fraction of sp³-hybridized carbons (Fsp3) is 0.133. The number of hydrogen-bond acceptors (Lipinski definition) is 2. The van der Waals surface area contributed by atoms with Gasteiger partial charge in [0.05, 0.1) is 10.6 Å². The van der Waals surface area contributed by atoms with Gasteiger partial charge in [-0.3, -0.25) is 0 Å². The number of carboxylic acids is 1. The van der Waals surface area contributed by atoms with E-state index in [1.165, 1.54) is 11.6 Å². The topological polar surface area (TPSA) is 46.5 Å². The number of carbonyl (C=O) groups is 1. The molecule has 0 fully saturated rings. The average molecular weight is 277 g/mol. The van der Waals surface area contributed by atoms with Crippen molar-refractivity contribution in [3.8, 4) is 5.75 Å². The van der Waals surface area contributed by atoms with Crippen LogP contribution < -0.4 is 4.74 Å². The van der Waals surface area contributed by atoms with Gasteiger partial charge in [-0.25, -0.2) is 4.79 Å². The van der Waals surface area contributed by atoms with Crippen LogP contribution in [0, 0.1) is 6.92 Å². The first-order chi connectivity index (χ1) is 9.06. The molecule has 0 bridgehead atoms. The van der Waals surface area contributed by atoms with Crippen LogP contribution in [-0.2, 0) is 6.61 Å². The molecule has 0 saturated carbocycles. The Morgan fingerprint density at radius 3 is 2.47 bits per heavy atom. The summed E-state index contributed by atoms with van der Waals surface area (Å²) >= 11 is 5.89. The molecule has 98 valence electrons. The summed E-state index contributed by atoms with van der Waals surface area (Å²) in [5.74, 6) is -0.264. The molecule has 0 unspecified atom stereocenters. The number of hydrogen-bond donors (Lipinski definition) is 1. The molecule has 0 aliphatic heterocycles. The standard InChI is InChI=1S/C15H13ClO3/c1-10-2-5-12(6-3-10)19-9-11-4-7-13(15(17)18)14(16)8-11/h2-8H,9H2,1H3,(H,17,18). The molecule has 0 atom stereocenters. The molecule has 0 spiro atoms. The van der Waals surface area contributed by atoms with Gasteiger partial charge in [-0.2, -0.15) is 0 Å². The Labute approximate surface area is 116 Å². The maximum Gasteiger partial charge on any atom is 0.337 e. The van der Waals surface area contributed by atoms with Gasteiger partial charge >= 0.3 is 5.97 Å². The maximum atomic E-state index is 10.8. The minimum absolute atomic E-state index is 0.0979. The summed E-state index contributed by atoms with van der Waals surface area (Å²) in [6, 6.07) is 12.5. The van der Waals surface area contributed by atoms with Crippen LogP contribution in [-0.4, -0.2) is 11.1 Å². The molecular formula is C15H13ClO3. The summed E-state index contributed by atoms with van der Waals surface area (Å²) in [7, 11) is 0. The molecule has 2 rings (SSSR count). The van der Waals surface area contributed by atoms with Crippen LogP contribution >= 0.6 is 11.6 Å². The van der Waals surface area contributed by atoms with E-state index in [1.807, 2.05) is 31.2 Å². The minimum Gasteiger partial charge on any atom is -0.489 e. The van der Waals surface area contributed by atoms with Crippen LogP contribution in [0.2, 0.25) is 5.02 Å². The zero-order valence-electron chi connectivity index (χ0n) is 10.4. The van der Waals surface area contributed by atoms with Crippen molar-refractivity contribution >= 4 is 17.6 Å². The zero-order chi connectivity index (χ0) is 13.8. The molecule has 0 amide bonds. The van der Waals surface area contributed by atoms with Crippen LogP contribution in [0.25, 0.3) is 0 Å². The van der Waals surface area contributed by atoms with Crippen molar-refractivity contribution in [2.75, 3.05) is 0 Å². The van der Waals surface area contributed by atoms with E-state index in [2.05, 4.69) is 0 Å². The Balaban J connectivity index is 2.06. The molecule has 0 radical (unpaired) electrons. The fourth-order valence-corrected chi connectivity index (χ4v) is 1.91. The molecule has 19 heavy (non-hydrogen) atoms. The van der Waals surface area contributed by atoms with E-state index in [-0.39, 0.29) is 10.6 Å². The van der Waals surface area contributed by atoms with Crippen molar-refractivity contribution < 1.29 is 14.6 Å². The van der Waals surface area contributed by atoms with Crippen molar-refractivity contribution in [1.29, 1.82) is 0 Å². The minimum atomic E-state index is -1.03. The van der Waals surface area contributed by atoms with Gasteiger partial charge in [-0.1, -0.05) is 35.4 Å². The molecule has 0 aromatic heterocycles. The molecule has 0 aliphatic rings. The lowest BCUT2D eigenvalue weighted by Gasteiger charge is -2.07. The largest absolute Gasteiger partial charge is 0.489 e. The van der Waals surface area contributed by atoms with Gasteiger partial charge in [-0.05, 0) is 36.8 Å². The summed E-state index contributed by atoms with van der Waals surface area (Å²) in [4.78, 5) is 10.8. The van der Waals surface area contributed by atoms with Crippen LogP contribution in [0.5, 0.6) is 5.75 Å². The zero-order valence-corrected chi connectivity index (χ0v) is 11.1. The van der Waals surface area contributed by atoms with Gasteiger partial charge in [0, 0.05) is 0 Å². The van der Waals surface area contributed by atoms with E-state index in [4.69, 9.17) is 21.4 Å². The highest BCUT2D eigenvalue weighted by Crippen LogP contribution is 2.19. The van der Waals surface area contributed by atoms with Gasteiger partial charge in [-0.15, -0.1) is 0 Å². The SMILES string of the molecule is Cc1ccc(OCc2ccc(C(=O)O)c(Cl)c2)cc1. The highest BCUT2D eigenvalue weighted by atomic mass is 35.5. The lowest BCUT2D eigenvalue weighted by molar-refractivity contribution is 0.0697. The van der Waals surface area contributed by atoms with E-state index in [0.29, 0.717) is 6.61 Å². The van der Waals surface area contributed by atoms with Gasteiger partial charge < -0.3 is 9.84 Å².